The lowest BCUT2D eigenvalue weighted by molar-refractivity contribution is -0.151. The minimum absolute atomic E-state index is 0.183. The van der Waals surface area contributed by atoms with Crippen LogP contribution in [0.15, 0.2) is 10.6 Å². The zero-order chi connectivity index (χ0) is 14.0. The van der Waals surface area contributed by atoms with E-state index in [4.69, 9.17) is 4.52 Å². The fourth-order valence-corrected chi connectivity index (χ4v) is 2.67. The number of carbonyl (C=O) groups is 1. The van der Waals surface area contributed by atoms with Crippen molar-refractivity contribution in [1.29, 1.82) is 0 Å². The Morgan fingerprint density at radius 3 is 2.95 bits per heavy atom. The first-order valence-electron chi connectivity index (χ1n) is 6.77. The molecule has 1 aliphatic heterocycles. The molecular formula is C14H22N2O3. The molecule has 0 aliphatic carbocycles. The molecule has 2 heterocycles. The van der Waals surface area contributed by atoms with Crippen LogP contribution < -0.4 is 0 Å². The van der Waals surface area contributed by atoms with Crippen molar-refractivity contribution in [2.24, 2.45) is 11.3 Å². The zero-order valence-corrected chi connectivity index (χ0v) is 11.8. The highest BCUT2D eigenvalue weighted by Crippen LogP contribution is 2.34. The lowest BCUT2D eigenvalue weighted by atomic mass is 9.74. The van der Waals surface area contributed by atoms with E-state index in [-0.39, 0.29) is 5.92 Å². The molecule has 1 aliphatic rings. The van der Waals surface area contributed by atoms with Crippen LogP contribution >= 0.6 is 0 Å². The summed E-state index contributed by atoms with van der Waals surface area (Å²) in [4.78, 5) is 13.6. The highest BCUT2D eigenvalue weighted by Gasteiger charge is 2.39. The average molecular weight is 266 g/mol. The van der Waals surface area contributed by atoms with Gasteiger partial charge in [0.2, 0.25) is 0 Å². The van der Waals surface area contributed by atoms with Crippen LogP contribution in [-0.2, 0) is 11.3 Å². The molecule has 1 aromatic rings. The molecular weight excluding hydrogens is 244 g/mol. The predicted octanol–water partition coefficient (Wildman–Crippen LogP) is 2.31. The van der Waals surface area contributed by atoms with Crippen molar-refractivity contribution in [3.8, 4) is 0 Å². The van der Waals surface area contributed by atoms with E-state index in [1.165, 1.54) is 0 Å². The minimum Gasteiger partial charge on any atom is -0.481 e. The number of aliphatic carboxylic acids is 1. The normalized spacial score (nSPS) is 21.5. The van der Waals surface area contributed by atoms with E-state index >= 15 is 0 Å². The lowest BCUT2D eigenvalue weighted by Crippen LogP contribution is -2.44. The molecule has 0 spiro atoms. The summed E-state index contributed by atoms with van der Waals surface area (Å²) in [6.45, 7) is 8.06. The minimum atomic E-state index is -0.713. The van der Waals surface area contributed by atoms with Gasteiger partial charge >= 0.3 is 5.97 Å². The number of carboxylic acid groups (broad SMARTS) is 1. The number of hydrogen-bond donors (Lipinski definition) is 1. The van der Waals surface area contributed by atoms with Gasteiger partial charge in [0.15, 0.2) is 5.76 Å². The maximum Gasteiger partial charge on any atom is 0.309 e. The summed E-state index contributed by atoms with van der Waals surface area (Å²) in [5.74, 6) is 0.323. The molecule has 1 N–H and O–H groups in total. The Balaban J connectivity index is 1.99. The maximum absolute atomic E-state index is 11.3. The van der Waals surface area contributed by atoms with Crippen LogP contribution in [-0.4, -0.2) is 34.2 Å². The van der Waals surface area contributed by atoms with E-state index in [0.717, 1.165) is 37.4 Å². The zero-order valence-electron chi connectivity index (χ0n) is 11.8. The quantitative estimate of drug-likeness (QED) is 0.905. The third-order valence-electron chi connectivity index (χ3n) is 4.13. The number of carboxylic acids is 1. The Morgan fingerprint density at radius 1 is 1.63 bits per heavy atom. The summed E-state index contributed by atoms with van der Waals surface area (Å²) in [7, 11) is 0. The van der Waals surface area contributed by atoms with Crippen LogP contribution in [0.5, 0.6) is 0 Å². The molecule has 0 aromatic carbocycles. The number of nitrogens with zero attached hydrogens (tertiary/aromatic N) is 2. The van der Waals surface area contributed by atoms with Crippen LogP contribution in [0.1, 0.15) is 38.1 Å². The third-order valence-corrected chi connectivity index (χ3v) is 4.13. The summed E-state index contributed by atoms with van der Waals surface area (Å²) in [6, 6.07) is 1.94. The van der Waals surface area contributed by atoms with E-state index in [2.05, 4.69) is 10.1 Å². The van der Waals surface area contributed by atoms with Crippen LogP contribution in [0.2, 0.25) is 0 Å². The van der Waals surface area contributed by atoms with Gasteiger partial charge in [-0.05, 0) is 46.1 Å². The van der Waals surface area contributed by atoms with Crippen molar-refractivity contribution in [3.05, 3.63) is 17.5 Å². The molecule has 106 valence electrons. The predicted molar refractivity (Wildman–Crippen MR) is 70.7 cm³/mol. The molecule has 0 saturated carbocycles. The number of piperidine rings is 1. The highest BCUT2D eigenvalue weighted by molar-refractivity contribution is 5.74. The Hall–Kier alpha value is -1.36. The number of likely N-dealkylation sites (tertiary alicyclic amines) is 1. The number of aromatic nitrogens is 1. The van der Waals surface area contributed by atoms with Crippen molar-refractivity contribution >= 4 is 5.97 Å². The van der Waals surface area contributed by atoms with Gasteiger partial charge in [0.1, 0.15) is 0 Å². The Labute approximate surface area is 113 Å². The number of aryl methyl sites for hydroxylation is 1. The van der Waals surface area contributed by atoms with Crippen LogP contribution in [0.3, 0.4) is 0 Å². The molecule has 0 radical (unpaired) electrons. The van der Waals surface area contributed by atoms with Crippen LogP contribution in [0.4, 0.5) is 0 Å². The largest absolute Gasteiger partial charge is 0.481 e. The maximum atomic E-state index is 11.3. The van der Waals surface area contributed by atoms with Gasteiger partial charge in [-0.15, -0.1) is 0 Å². The first-order chi connectivity index (χ1) is 8.89. The van der Waals surface area contributed by atoms with Crippen molar-refractivity contribution in [1.82, 2.24) is 10.1 Å². The van der Waals surface area contributed by atoms with E-state index in [9.17, 15) is 9.90 Å². The second kappa shape index (κ2) is 5.33. The monoisotopic (exact) mass is 266 g/mol. The summed E-state index contributed by atoms with van der Waals surface area (Å²) in [5, 5.41) is 13.2. The van der Waals surface area contributed by atoms with Crippen molar-refractivity contribution in [3.63, 3.8) is 0 Å². The van der Waals surface area contributed by atoms with Crippen LogP contribution in [0.25, 0.3) is 0 Å². The first-order valence-corrected chi connectivity index (χ1v) is 6.77. The molecule has 19 heavy (non-hydrogen) atoms. The second-order valence-corrected chi connectivity index (χ2v) is 6.04. The Morgan fingerprint density at radius 2 is 2.37 bits per heavy atom. The molecule has 1 fully saturated rings. The molecule has 0 amide bonds. The Kier molecular flexibility index (Phi) is 3.94. The summed E-state index contributed by atoms with van der Waals surface area (Å²) in [6.07, 6.45) is 2.01. The van der Waals surface area contributed by atoms with Gasteiger partial charge in [-0.3, -0.25) is 9.69 Å². The Bertz CT molecular complexity index is 453. The van der Waals surface area contributed by atoms with Gasteiger partial charge in [0.05, 0.1) is 17.7 Å². The summed E-state index contributed by atoms with van der Waals surface area (Å²) < 4.78 is 5.23. The SMILES string of the molecule is Cc1cc(CN2CCCC(C(C)(C)C(=O)O)C2)on1. The highest BCUT2D eigenvalue weighted by atomic mass is 16.5. The molecule has 5 nitrogen and oxygen atoms in total. The molecule has 1 saturated heterocycles. The van der Waals surface area contributed by atoms with Crippen molar-refractivity contribution < 1.29 is 14.4 Å². The van der Waals surface area contributed by atoms with E-state index in [0.29, 0.717) is 6.54 Å². The van der Waals surface area contributed by atoms with Crippen molar-refractivity contribution in [2.75, 3.05) is 13.1 Å². The molecule has 0 bridgehead atoms. The van der Waals surface area contributed by atoms with Crippen molar-refractivity contribution in [2.45, 2.75) is 40.2 Å². The molecule has 5 heteroatoms. The smallest absolute Gasteiger partial charge is 0.309 e. The average Bonchev–Trinajstić information content (AvgIpc) is 2.75. The number of hydrogen-bond acceptors (Lipinski definition) is 4. The van der Waals surface area contributed by atoms with Gasteiger partial charge in [-0.1, -0.05) is 5.16 Å². The molecule has 2 rings (SSSR count). The fraction of sp³-hybridized carbons (Fsp3) is 0.714. The van der Waals surface area contributed by atoms with Gasteiger partial charge < -0.3 is 9.63 Å². The first kappa shape index (κ1) is 14.1. The van der Waals surface area contributed by atoms with Gasteiger partial charge in [0, 0.05) is 12.6 Å². The lowest BCUT2D eigenvalue weighted by Gasteiger charge is -2.38. The van der Waals surface area contributed by atoms with E-state index in [1.54, 1.807) is 0 Å². The third kappa shape index (κ3) is 3.15. The molecule has 1 unspecified atom stereocenters. The van der Waals surface area contributed by atoms with Gasteiger partial charge in [-0.2, -0.15) is 0 Å². The van der Waals surface area contributed by atoms with Gasteiger partial charge in [-0.25, -0.2) is 0 Å². The topological polar surface area (TPSA) is 66.6 Å². The standard InChI is InChI=1S/C14H22N2O3/c1-10-7-12(19-15-10)9-16-6-4-5-11(8-16)14(2,3)13(17)18/h7,11H,4-6,8-9H2,1-3H3,(H,17,18). The second-order valence-electron chi connectivity index (χ2n) is 6.04. The summed E-state index contributed by atoms with van der Waals surface area (Å²) >= 11 is 0. The number of rotatable bonds is 4. The fourth-order valence-electron chi connectivity index (χ4n) is 2.67. The van der Waals surface area contributed by atoms with Gasteiger partial charge in [0.25, 0.3) is 0 Å². The summed E-state index contributed by atoms with van der Waals surface area (Å²) in [5.41, 5.74) is 0.213. The van der Waals surface area contributed by atoms with E-state index < -0.39 is 11.4 Å². The molecule has 1 atom stereocenters. The molecule has 1 aromatic heterocycles. The van der Waals surface area contributed by atoms with Crippen LogP contribution in [0, 0.1) is 18.3 Å². The van der Waals surface area contributed by atoms with E-state index in [1.807, 2.05) is 26.8 Å².